The summed E-state index contributed by atoms with van der Waals surface area (Å²) in [6.07, 6.45) is 3.19. The number of nitrogens with zero attached hydrogens (tertiary/aromatic N) is 6. The Kier molecular flexibility index (Phi) is 7.93. The lowest BCUT2D eigenvalue weighted by atomic mass is 10.00. The predicted molar refractivity (Wildman–Crippen MR) is 155 cm³/mol. The van der Waals surface area contributed by atoms with Gasteiger partial charge >= 0.3 is 6.18 Å². The second kappa shape index (κ2) is 11.8. The molecule has 3 aromatic rings. The molecule has 6 rings (SSSR count). The van der Waals surface area contributed by atoms with E-state index in [0.29, 0.717) is 18.4 Å². The van der Waals surface area contributed by atoms with Crippen molar-refractivity contribution in [3.05, 3.63) is 76.7 Å². The number of hydrogen-bond donors (Lipinski definition) is 1. The summed E-state index contributed by atoms with van der Waals surface area (Å²) in [5.41, 5.74) is 0.494. The fraction of sp³-hybridized carbons (Fsp3) is 0.452. The SMILES string of the molecule is CN(C(=O)c1ccc2c(c1)C(NC(=O)c1cccnc1C(F)(F)F)CC2)C1CCN(c2ccnc(N3CCCC3)n2)CC1. The summed E-state index contributed by atoms with van der Waals surface area (Å²) in [6, 6.07) is 9.37. The summed E-state index contributed by atoms with van der Waals surface area (Å²) in [5, 5.41) is 2.74. The van der Waals surface area contributed by atoms with Gasteiger partial charge in [0.2, 0.25) is 5.95 Å². The molecule has 1 aliphatic carbocycles. The Labute approximate surface area is 248 Å². The highest BCUT2D eigenvalue weighted by Crippen LogP contribution is 2.34. The lowest BCUT2D eigenvalue weighted by Gasteiger charge is -2.37. The Morgan fingerprint density at radius 1 is 0.953 bits per heavy atom. The molecule has 0 radical (unpaired) electrons. The molecule has 4 heterocycles. The number of carbonyl (C=O) groups is 2. The van der Waals surface area contributed by atoms with E-state index in [1.54, 1.807) is 17.0 Å². The number of rotatable bonds is 6. The number of amides is 2. The fourth-order valence-electron chi connectivity index (χ4n) is 6.37. The zero-order valence-electron chi connectivity index (χ0n) is 24.0. The molecule has 3 aliphatic rings. The second-order valence-electron chi connectivity index (χ2n) is 11.4. The van der Waals surface area contributed by atoms with E-state index < -0.39 is 29.4 Å². The van der Waals surface area contributed by atoms with Crippen LogP contribution in [0.4, 0.5) is 24.9 Å². The first-order valence-corrected chi connectivity index (χ1v) is 14.7. The summed E-state index contributed by atoms with van der Waals surface area (Å²) in [6.45, 7) is 3.51. The van der Waals surface area contributed by atoms with Crippen LogP contribution >= 0.6 is 0 Å². The highest BCUT2D eigenvalue weighted by atomic mass is 19.4. The Morgan fingerprint density at radius 2 is 1.72 bits per heavy atom. The van der Waals surface area contributed by atoms with Crippen molar-refractivity contribution < 1.29 is 22.8 Å². The minimum Gasteiger partial charge on any atom is -0.356 e. The van der Waals surface area contributed by atoms with Gasteiger partial charge in [-0.1, -0.05) is 6.07 Å². The topological polar surface area (TPSA) is 94.6 Å². The average Bonchev–Trinajstić information content (AvgIpc) is 3.71. The maximum absolute atomic E-state index is 13.6. The van der Waals surface area contributed by atoms with Crippen molar-refractivity contribution in [3.8, 4) is 0 Å². The summed E-state index contributed by atoms with van der Waals surface area (Å²) >= 11 is 0. The number of nitrogens with one attached hydrogen (secondary N) is 1. The van der Waals surface area contributed by atoms with E-state index in [0.717, 1.165) is 87.0 Å². The fourth-order valence-corrected chi connectivity index (χ4v) is 6.37. The summed E-state index contributed by atoms with van der Waals surface area (Å²) in [4.78, 5) is 45.3. The maximum atomic E-state index is 13.6. The number of aryl methyl sites for hydroxylation is 1. The van der Waals surface area contributed by atoms with E-state index in [1.807, 2.05) is 25.4 Å². The zero-order valence-corrected chi connectivity index (χ0v) is 24.0. The Hall–Kier alpha value is -4.22. The van der Waals surface area contributed by atoms with E-state index in [-0.39, 0.29) is 11.9 Å². The number of alkyl halides is 3. The van der Waals surface area contributed by atoms with E-state index in [1.165, 1.54) is 6.07 Å². The molecule has 1 aromatic carbocycles. The third-order valence-electron chi connectivity index (χ3n) is 8.77. The molecule has 226 valence electrons. The molecule has 2 aliphatic heterocycles. The second-order valence-corrected chi connectivity index (χ2v) is 11.4. The third kappa shape index (κ3) is 6.00. The molecule has 9 nitrogen and oxygen atoms in total. The van der Waals surface area contributed by atoms with Gasteiger partial charge in [-0.3, -0.25) is 14.6 Å². The molecule has 2 fully saturated rings. The van der Waals surface area contributed by atoms with Crippen LogP contribution in [0.3, 0.4) is 0 Å². The van der Waals surface area contributed by atoms with Gasteiger partial charge in [0.25, 0.3) is 11.8 Å². The number of carbonyl (C=O) groups excluding carboxylic acids is 2. The molecule has 2 saturated heterocycles. The number of pyridine rings is 1. The van der Waals surface area contributed by atoms with E-state index in [2.05, 4.69) is 25.1 Å². The first-order valence-electron chi connectivity index (χ1n) is 14.7. The predicted octanol–water partition coefficient (Wildman–Crippen LogP) is 4.65. The average molecular weight is 594 g/mol. The van der Waals surface area contributed by atoms with Crippen molar-refractivity contribution in [1.29, 1.82) is 0 Å². The number of fused-ring (bicyclic) bond motifs is 1. The smallest absolute Gasteiger partial charge is 0.356 e. The van der Waals surface area contributed by atoms with Crippen molar-refractivity contribution in [2.24, 2.45) is 0 Å². The molecule has 2 aromatic heterocycles. The molecule has 1 atom stereocenters. The Morgan fingerprint density at radius 3 is 2.47 bits per heavy atom. The van der Waals surface area contributed by atoms with Crippen LogP contribution in [0, 0.1) is 0 Å². The standard InChI is InChI=1S/C31H34F3N7O2/c1-39(22-11-17-40(18-12-22)26-10-14-36-30(38-26)41-15-2-3-16-41)29(43)21-7-6-20-8-9-25(24(20)19-21)37-28(42)23-5-4-13-35-27(23)31(32,33)34/h4-7,10,13-14,19,22,25H,2-3,8-9,11-12,15-18H2,1H3,(H,37,42). The number of halogens is 3. The van der Waals surface area contributed by atoms with Gasteiger partial charge in [-0.25, -0.2) is 4.98 Å². The van der Waals surface area contributed by atoms with Crippen molar-refractivity contribution >= 4 is 23.6 Å². The van der Waals surface area contributed by atoms with Gasteiger partial charge in [-0.15, -0.1) is 0 Å². The lowest BCUT2D eigenvalue weighted by molar-refractivity contribution is -0.141. The number of piperidine rings is 1. The van der Waals surface area contributed by atoms with Gasteiger partial charge < -0.3 is 20.0 Å². The van der Waals surface area contributed by atoms with Crippen LogP contribution in [0.1, 0.15) is 75.7 Å². The highest BCUT2D eigenvalue weighted by Gasteiger charge is 2.38. The molecule has 12 heteroatoms. The van der Waals surface area contributed by atoms with E-state index >= 15 is 0 Å². The lowest BCUT2D eigenvalue weighted by Crippen LogP contribution is -2.46. The molecular formula is C31H34F3N7O2. The minimum absolute atomic E-state index is 0.0544. The van der Waals surface area contributed by atoms with E-state index in [9.17, 15) is 22.8 Å². The molecular weight excluding hydrogens is 559 g/mol. The van der Waals surface area contributed by atoms with Crippen molar-refractivity contribution in [1.82, 2.24) is 25.2 Å². The number of hydrogen-bond acceptors (Lipinski definition) is 7. The third-order valence-corrected chi connectivity index (χ3v) is 8.77. The molecule has 1 N–H and O–H groups in total. The van der Waals surface area contributed by atoms with Crippen molar-refractivity contribution in [2.75, 3.05) is 43.0 Å². The quantitative estimate of drug-likeness (QED) is 0.445. The van der Waals surface area contributed by atoms with Crippen LogP contribution in [-0.2, 0) is 12.6 Å². The van der Waals surface area contributed by atoms with Crippen LogP contribution in [-0.4, -0.2) is 70.9 Å². The summed E-state index contributed by atoms with van der Waals surface area (Å²) in [5.74, 6) is 0.722. The van der Waals surface area contributed by atoms with Crippen LogP contribution in [0.15, 0.2) is 48.8 Å². The minimum atomic E-state index is -4.74. The van der Waals surface area contributed by atoms with Crippen LogP contribution in [0.2, 0.25) is 0 Å². The first kappa shape index (κ1) is 28.9. The van der Waals surface area contributed by atoms with Crippen LogP contribution < -0.4 is 15.1 Å². The van der Waals surface area contributed by atoms with Gasteiger partial charge in [-0.05, 0) is 80.0 Å². The molecule has 0 spiro atoms. The van der Waals surface area contributed by atoms with Gasteiger partial charge in [0.15, 0.2) is 5.69 Å². The van der Waals surface area contributed by atoms with Crippen LogP contribution in [0.5, 0.6) is 0 Å². The largest absolute Gasteiger partial charge is 0.434 e. The molecule has 43 heavy (non-hydrogen) atoms. The number of aromatic nitrogens is 3. The first-order chi connectivity index (χ1) is 20.7. The Bertz CT molecular complexity index is 1500. The van der Waals surface area contributed by atoms with Gasteiger partial charge in [0.1, 0.15) is 5.82 Å². The number of benzene rings is 1. The summed E-state index contributed by atoms with van der Waals surface area (Å²) in [7, 11) is 1.81. The summed E-state index contributed by atoms with van der Waals surface area (Å²) < 4.78 is 40.3. The highest BCUT2D eigenvalue weighted by molar-refractivity contribution is 5.96. The normalized spacial score (nSPS) is 18.9. The zero-order chi connectivity index (χ0) is 30.1. The molecule has 1 unspecified atom stereocenters. The Balaban J connectivity index is 1.10. The molecule has 0 bridgehead atoms. The number of anilines is 2. The van der Waals surface area contributed by atoms with Crippen molar-refractivity contribution in [3.63, 3.8) is 0 Å². The van der Waals surface area contributed by atoms with Gasteiger partial charge in [-0.2, -0.15) is 18.2 Å². The van der Waals surface area contributed by atoms with Crippen molar-refractivity contribution in [2.45, 2.75) is 56.8 Å². The van der Waals surface area contributed by atoms with Gasteiger partial charge in [0, 0.05) is 57.2 Å². The maximum Gasteiger partial charge on any atom is 0.434 e. The molecule has 0 saturated carbocycles. The molecule has 2 amide bonds. The van der Waals surface area contributed by atoms with Crippen LogP contribution in [0.25, 0.3) is 0 Å². The van der Waals surface area contributed by atoms with Gasteiger partial charge in [0.05, 0.1) is 11.6 Å². The van der Waals surface area contributed by atoms with E-state index in [4.69, 9.17) is 4.98 Å². The monoisotopic (exact) mass is 593 g/mol.